The van der Waals surface area contributed by atoms with Gasteiger partial charge in [0.15, 0.2) is 23.0 Å². The van der Waals surface area contributed by atoms with Crippen LogP contribution < -0.4 is 18.9 Å². The highest BCUT2D eigenvalue weighted by Gasteiger charge is 2.06. The number of hydrogen-bond acceptors (Lipinski definition) is 7. The molecule has 0 radical (unpaired) electrons. The first-order valence-corrected chi connectivity index (χ1v) is 9.07. The van der Waals surface area contributed by atoms with Gasteiger partial charge in [-0.15, -0.1) is 0 Å². The highest BCUT2D eigenvalue weighted by molar-refractivity contribution is 5.40. The van der Waals surface area contributed by atoms with Crippen LogP contribution >= 0.6 is 0 Å². The second-order valence-electron chi connectivity index (χ2n) is 5.51. The standard InChI is InChI=1S/C20H24O6.CH2O/c1-2-6-18-17(5-1)23-13-9-21-11-15-25-19-7-3-4-8-20(19)26-16-12-22-10-14-24-18;1-2/h1-8H,9-16H2;1H2. The number of para-hydroxylation sites is 4. The minimum absolute atomic E-state index is 0.441. The van der Waals surface area contributed by atoms with Crippen molar-refractivity contribution in [3.63, 3.8) is 0 Å². The van der Waals surface area contributed by atoms with Gasteiger partial charge in [0.25, 0.3) is 0 Å². The van der Waals surface area contributed by atoms with Crippen molar-refractivity contribution in [2.45, 2.75) is 0 Å². The Morgan fingerprint density at radius 1 is 0.464 bits per heavy atom. The Kier molecular flexibility index (Phi) is 10.3. The number of carbonyl (C=O) groups excluding carboxylic acids is 1. The topological polar surface area (TPSA) is 72.5 Å². The molecule has 2 aromatic rings. The molecule has 0 saturated heterocycles. The van der Waals surface area contributed by atoms with Gasteiger partial charge in [-0.1, -0.05) is 24.3 Å². The van der Waals surface area contributed by atoms with E-state index in [1.165, 1.54) is 0 Å². The molecule has 0 saturated carbocycles. The average molecular weight is 390 g/mol. The Bertz CT molecular complexity index is 566. The van der Waals surface area contributed by atoms with Gasteiger partial charge in [-0.25, -0.2) is 0 Å². The van der Waals surface area contributed by atoms with Crippen LogP contribution in [0.1, 0.15) is 0 Å². The zero-order valence-electron chi connectivity index (χ0n) is 15.8. The first-order chi connectivity index (χ1) is 13.9. The molecule has 0 bridgehead atoms. The van der Waals surface area contributed by atoms with E-state index >= 15 is 0 Å². The molecule has 0 spiro atoms. The summed E-state index contributed by atoms with van der Waals surface area (Å²) in [5, 5.41) is 0. The summed E-state index contributed by atoms with van der Waals surface area (Å²) in [5.41, 5.74) is 0. The fraction of sp³-hybridized carbons (Fsp3) is 0.381. The lowest BCUT2D eigenvalue weighted by Crippen LogP contribution is -2.15. The van der Waals surface area contributed by atoms with Gasteiger partial charge in [0.2, 0.25) is 0 Å². The third-order valence-electron chi connectivity index (χ3n) is 3.64. The Balaban J connectivity index is 0.00000136. The number of carbonyl (C=O) groups is 1. The summed E-state index contributed by atoms with van der Waals surface area (Å²) < 4.78 is 34.1. The summed E-state index contributed by atoms with van der Waals surface area (Å²) in [6, 6.07) is 15.2. The fourth-order valence-electron chi connectivity index (χ4n) is 2.42. The van der Waals surface area contributed by atoms with Crippen LogP contribution in [0.2, 0.25) is 0 Å². The van der Waals surface area contributed by atoms with Crippen LogP contribution in [0.15, 0.2) is 48.5 Å². The van der Waals surface area contributed by atoms with Crippen LogP contribution in [0.4, 0.5) is 0 Å². The minimum atomic E-state index is 0.441. The Morgan fingerprint density at radius 3 is 0.964 bits per heavy atom. The van der Waals surface area contributed by atoms with Crippen molar-refractivity contribution >= 4 is 6.79 Å². The largest absolute Gasteiger partial charge is 0.487 e. The molecule has 3 rings (SSSR count). The highest BCUT2D eigenvalue weighted by atomic mass is 16.6. The summed E-state index contributed by atoms with van der Waals surface area (Å²) in [7, 11) is 0. The molecule has 1 heterocycles. The summed E-state index contributed by atoms with van der Waals surface area (Å²) in [4.78, 5) is 8.00. The molecular formula is C21H26O7. The number of ether oxygens (including phenoxy) is 6. The summed E-state index contributed by atoms with van der Waals surface area (Å²) in [6.07, 6.45) is 0. The third-order valence-corrected chi connectivity index (χ3v) is 3.64. The molecule has 0 aromatic heterocycles. The lowest BCUT2D eigenvalue weighted by molar-refractivity contribution is -0.0979. The van der Waals surface area contributed by atoms with Gasteiger partial charge >= 0.3 is 0 Å². The minimum Gasteiger partial charge on any atom is -0.487 e. The normalized spacial score (nSPS) is 15.9. The molecule has 152 valence electrons. The first-order valence-electron chi connectivity index (χ1n) is 9.07. The van der Waals surface area contributed by atoms with Crippen LogP contribution in [0, 0.1) is 0 Å². The number of hydrogen-bond donors (Lipinski definition) is 0. The zero-order chi connectivity index (χ0) is 19.9. The fourth-order valence-corrected chi connectivity index (χ4v) is 2.42. The molecule has 0 unspecified atom stereocenters. The van der Waals surface area contributed by atoms with Gasteiger partial charge in [0, 0.05) is 0 Å². The van der Waals surface area contributed by atoms with E-state index in [9.17, 15) is 0 Å². The van der Waals surface area contributed by atoms with Crippen molar-refractivity contribution in [1.29, 1.82) is 0 Å². The maximum absolute atomic E-state index is 8.00. The molecule has 1 aliphatic rings. The van der Waals surface area contributed by atoms with Crippen LogP contribution in [0.3, 0.4) is 0 Å². The van der Waals surface area contributed by atoms with Crippen molar-refractivity contribution in [2.24, 2.45) is 0 Å². The lowest BCUT2D eigenvalue weighted by atomic mass is 10.3. The average Bonchev–Trinajstić information content (AvgIpc) is 2.75. The SMILES string of the molecule is C=O.c1ccc2c(c1)OCCOCCOc1ccccc1OCCOCCO2. The van der Waals surface area contributed by atoms with Gasteiger partial charge in [0.1, 0.15) is 33.2 Å². The van der Waals surface area contributed by atoms with Crippen molar-refractivity contribution in [3.05, 3.63) is 48.5 Å². The van der Waals surface area contributed by atoms with Crippen molar-refractivity contribution in [1.82, 2.24) is 0 Å². The van der Waals surface area contributed by atoms with E-state index < -0.39 is 0 Å². The van der Waals surface area contributed by atoms with Crippen LogP contribution in [-0.4, -0.2) is 59.6 Å². The molecule has 0 aliphatic carbocycles. The molecule has 2 aromatic carbocycles. The van der Waals surface area contributed by atoms with E-state index in [1.807, 2.05) is 55.3 Å². The van der Waals surface area contributed by atoms with Gasteiger partial charge in [0.05, 0.1) is 26.4 Å². The summed E-state index contributed by atoms with van der Waals surface area (Å²) in [5.74, 6) is 2.80. The Morgan fingerprint density at radius 2 is 0.714 bits per heavy atom. The molecule has 0 atom stereocenters. The Labute approximate surface area is 165 Å². The summed E-state index contributed by atoms with van der Waals surface area (Å²) >= 11 is 0. The van der Waals surface area contributed by atoms with Crippen molar-refractivity contribution in [2.75, 3.05) is 52.9 Å². The van der Waals surface area contributed by atoms with E-state index in [0.717, 1.165) is 0 Å². The smallest absolute Gasteiger partial charge is 0.161 e. The molecule has 0 N–H and O–H groups in total. The van der Waals surface area contributed by atoms with E-state index in [2.05, 4.69) is 0 Å². The van der Waals surface area contributed by atoms with Gasteiger partial charge < -0.3 is 33.2 Å². The highest BCUT2D eigenvalue weighted by Crippen LogP contribution is 2.27. The number of fused-ring (bicyclic) bond motifs is 2. The molecule has 0 fully saturated rings. The van der Waals surface area contributed by atoms with E-state index in [4.69, 9.17) is 33.2 Å². The molecule has 7 heteroatoms. The summed E-state index contributed by atoms with van der Waals surface area (Å²) in [6.45, 7) is 5.65. The second kappa shape index (κ2) is 13.4. The molecule has 1 aliphatic heterocycles. The maximum atomic E-state index is 8.00. The molecular weight excluding hydrogens is 364 g/mol. The van der Waals surface area contributed by atoms with Gasteiger partial charge in [-0.3, -0.25) is 0 Å². The Hall–Kier alpha value is -2.77. The van der Waals surface area contributed by atoms with Crippen molar-refractivity contribution < 1.29 is 33.2 Å². The third kappa shape index (κ3) is 7.46. The number of benzene rings is 2. The van der Waals surface area contributed by atoms with E-state index in [0.29, 0.717) is 75.9 Å². The monoisotopic (exact) mass is 390 g/mol. The maximum Gasteiger partial charge on any atom is 0.161 e. The predicted octanol–water partition coefficient (Wildman–Crippen LogP) is 2.76. The predicted molar refractivity (Wildman–Crippen MR) is 104 cm³/mol. The molecule has 28 heavy (non-hydrogen) atoms. The lowest BCUT2D eigenvalue weighted by Gasteiger charge is -2.15. The van der Waals surface area contributed by atoms with Crippen LogP contribution in [-0.2, 0) is 14.3 Å². The molecule has 0 amide bonds. The van der Waals surface area contributed by atoms with Gasteiger partial charge in [-0.05, 0) is 24.3 Å². The van der Waals surface area contributed by atoms with E-state index in [1.54, 1.807) is 0 Å². The molecule has 7 nitrogen and oxygen atoms in total. The van der Waals surface area contributed by atoms with Crippen molar-refractivity contribution in [3.8, 4) is 23.0 Å². The quantitative estimate of drug-likeness (QED) is 0.685. The van der Waals surface area contributed by atoms with Crippen LogP contribution in [0.25, 0.3) is 0 Å². The number of rotatable bonds is 0. The zero-order valence-corrected chi connectivity index (χ0v) is 15.8. The first kappa shape index (κ1) is 21.5. The van der Waals surface area contributed by atoms with Gasteiger partial charge in [-0.2, -0.15) is 0 Å². The van der Waals surface area contributed by atoms with E-state index in [-0.39, 0.29) is 0 Å². The van der Waals surface area contributed by atoms with Crippen LogP contribution in [0.5, 0.6) is 23.0 Å². The second-order valence-corrected chi connectivity index (χ2v) is 5.51.